The summed E-state index contributed by atoms with van der Waals surface area (Å²) in [5, 5.41) is 2.89. The van der Waals surface area contributed by atoms with E-state index in [1.807, 2.05) is 0 Å². The molecule has 0 amide bonds. The van der Waals surface area contributed by atoms with Gasteiger partial charge in [0.05, 0.1) is 32.2 Å². The Morgan fingerprint density at radius 2 is 2.07 bits per heavy atom. The van der Waals surface area contributed by atoms with Gasteiger partial charge in [0.2, 0.25) is 11.9 Å². The highest BCUT2D eigenvalue weighted by Gasteiger charge is 2.12. The third-order valence-electron chi connectivity index (χ3n) is 3.99. The molecular weight excluding hydrogens is 378 g/mol. The van der Waals surface area contributed by atoms with E-state index in [9.17, 15) is 9.59 Å². The van der Waals surface area contributed by atoms with E-state index in [1.54, 1.807) is 39.2 Å². The van der Waals surface area contributed by atoms with Gasteiger partial charge in [0, 0.05) is 18.1 Å². The van der Waals surface area contributed by atoms with Crippen molar-refractivity contribution in [3.63, 3.8) is 0 Å². The van der Waals surface area contributed by atoms with E-state index in [4.69, 9.17) is 19.9 Å². The SMILES string of the molecule is CCOC(=O)CCc1c(C)nc(/N=C(\N)Nc2ccc(OC)cc2OC)[nH]c1=O. The number of guanidine groups is 1. The Labute approximate surface area is 168 Å². The van der Waals surface area contributed by atoms with Crippen molar-refractivity contribution in [1.29, 1.82) is 0 Å². The molecule has 10 nitrogen and oxygen atoms in total. The number of carbonyl (C=O) groups is 1. The summed E-state index contributed by atoms with van der Waals surface area (Å²) in [6.45, 7) is 3.69. The number of aliphatic imine (C=N–C) groups is 1. The summed E-state index contributed by atoms with van der Waals surface area (Å²) in [4.78, 5) is 34.7. The van der Waals surface area contributed by atoms with Crippen LogP contribution >= 0.6 is 0 Å². The molecule has 0 saturated carbocycles. The number of aromatic amines is 1. The average molecular weight is 403 g/mol. The molecule has 0 radical (unpaired) electrons. The first-order valence-electron chi connectivity index (χ1n) is 8.96. The van der Waals surface area contributed by atoms with E-state index in [0.29, 0.717) is 35.1 Å². The highest BCUT2D eigenvalue weighted by Crippen LogP contribution is 2.28. The number of H-pyrrole nitrogens is 1. The topological polar surface area (TPSA) is 141 Å². The largest absolute Gasteiger partial charge is 0.497 e. The number of esters is 1. The van der Waals surface area contributed by atoms with Crippen molar-refractivity contribution in [3.05, 3.63) is 39.8 Å². The van der Waals surface area contributed by atoms with Crippen molar-refractivity contribution < 1.29 is 19.0 Å². The zero-order chi connectivity index (χ0) is 21.4. The maximum atomic E-state index is 12.3. The van der Waals surface area contributed by atoms with Crippen molar-refractivity contribution in [1.82, 2.24) is 9.97 Å². The van der Waals surface area contributed by atoms with Crippen LogP contribution in [0.25, 0.3) is 0 Å². The number of ether oxygens (including phenoxy) is 3. The highest BCUT2D eigenvalue weighted by atomic mass is 16.5. The Morgan fingerprint density at radius 1 is 1.31 bits per heavy atom. The average Bonchev–Trinajstić information content (AvgIpc) is 2.67. The Balaban J connectivity index is 2.17. The van der Waals surface area contributed by atoms with Gasteiger partial charge in [0.25, 0.3) is 5.56 Å². The molecule has 29 heavy (non-hydrogen) atoms. The van der Waals surface area contributed by atoms with Gasteiger partial charge >= 0.3 is 5.97 Å². The van der Waals surface area contributed by atoms with E-state index in [-0.39, 0.29) is 36.3 Å². The second-order valence-electron chi connectivity index (χ2n) is 5.95. The predicted molar refractivity (Wildman–Crippen MR) is 109 cm³/mol. The maximum absolute atomic E-state index is 12.3. The van der Waals surface area contributed by atoms with Crippen molar-refractivity contribution in [2.75, 3.05) is 26.1 Å². The highest BCUT2D eigenvalue weighted by molar-refractivity contribution is 5.95. The van der Waals surface area contributed by atoms with Crippen LogP contribution in [0.4, 0.5) is 11.6 Å². The quantitative estimate of drug-likeness (QED) is 0.343. The van der Waals surface area contributed by atoms with Gasteiger partial charge in [0.1, 0.15) is 11.5 Å². The first-order valence-corrected chi connectivity index (χ1v) is 8.96. The molecule has 1 heterocycles. The lowest BCUT2D eigenvalue weighted by Gasteiger charge is -2.12. The molecule has 0 atom stereocenters. The van der Waals surface area contributed by atoms with Gasteiger partial charge in [-0.1, -0.05) is 0 Å². The molecule has 2 rings (SSSR count). The van der Waals surface area contributed by atoms with Crippen molar-refractivity contribution in [2.24, 2.45) is 10.7 Å². The third kappa shape index (κ3) is 5.96. The van der Waals surface area contributed by atoms with Crippen molar-refractivity contribution in [2.45, 2.75) is 26.7 Å². The van der Waals surface area contributed by atoms with Crippen LogP contribution in [0, 0.1) is 6.92 Å². The van der Waals surface area contributed by atoms with Crippen molar-refractivity contribution in [3.8, 4) is 11.5 Å². The third-order valence-corrected chi connectivity index (χ3v) is 3.99. The first kappa shape index (κ1) is 21.7. The van der Waals surface area contributed by atoms with Gasteiger partial charge < -0.3 is 25.3 Å². The van der Waals surface area contributed by atoms with Crippen LogP contribution in [-0.2, 0) is 16.0 Å². The lowest BCUT2D eigenvalue weighted by Crippen LogP contribution is -2.23. The number of benzene rings is 1. The van der Waals surface area contributed by atoms with Gasteiger partial charge in [-0.3, -0.25) is 14.6 Å². The maximum Gasteiger partial charge on any atom is 0.306 e. The summed E-state index contributed by atoms with van der Waals surface area (Å²) in [5.74, 6) is 0.827. The summed E-state index contributed by atoms with van der Waals surface area (Å²) >= 11 is 0. The standard InChI is InChI=1S/C19H25N5O5/c1-5-29-16(25)9-7-13-11(2)21-19(23-17(13)26)24-18(20)22-14-8-6-12(27-3)10-15(14)28-4/h6,8,10H,5,7,9H2,1-4H3,(H4,20,21,22,23,24,26). The van der Waals surface area contributed by atoms with Crippen LogP contribution in [0.15, 0.2) is 28.0 Å². The summed E-state index contributed by atoms with van der Waals surface area (Å²) in [5.41, 5.74) is 6.99. The number of hydrogen-bond acceptors (Lipinski definition) is 7. The molecule has 0 fully saturated rings. The van der Waals surface area contributed by atoms with E-state index in [1.165, 1.54) is 7.11 Å². The minimum absolute atomic E-state index is 0.00953. The van der Waals surface area contributed by atoms with E-state index < -0.39 is 0 Å². The van der Waals surface area contributed by atoms with Crippen LogP contribution in [0.3, 0.4) is 0 Å². The summed E-state index contributed by atoms with van der Waals surface area (Å²) in [6.07, 6.45) is 0.330. The van der Waals surface area contributed by atoms with Gasteiger partial charge in [-0.05, 0) is 32.4 Å². The summed E-state index contributed by atoms with van der Waals surface area (Å²) in [7, 11) is 3.07. The zero-order valence-corrected chi connectivity index (χ0v) is 16.9. The fraction of sp³-hybridized carbons (Fsp3) is 0.368. The Morgan fingerprint density at radius 3 is 2.69 bits per heavy atom. The van der Waals surface area contributed by atoms with E-state index in [0.717, 1.165) is 0 Å². The molecule has 0 saturated heterocycles. The molecule has 0 aliphatic carbocycles. The molecule has 1 aromatic carbocycles. The second-order valence-corrected chi connectivity index (χ2v) is 5.95. The smallest absolute Gasteiger partial charge is 0.306 e. The number of hydrogen-bond donors (Lipinski definition) is 3. The number of nitrogens with one attached hydrogen (secondary N) is 2. The van der Waals surface area contributed by atoms with E-state index in [2.05, 4.69) is 20.3 Å². The molecule has 0 aliphatic rings. The number of carbonyl (C=O) groups excluding carboxylic acids is 1. The molecule has 10 heteroatoms. The predicted octanol–water partition coefficient (Wildman–Crippen LogP) is 1.65. The molecule has 156 valence electrons. The van der Waals surface area contributed by atoms with Gasteiger partial charge in [0.15, 0.2) is 0 Å². The molecule has 0 aliphatic heterocycles. The zero-order valence-electron chi connectivity index (χ0n) is 16.9. The molecule has 4 N–H and O–H groups in total. The molecule has 0 bridgehead atoms. The molecule has 2 aromatic rings. The minimum atomic E-state index is -0.379. The van der Waals surface area contributed by atoms with Crippen molar-refractivity contribution >= 4 is 23.6 Å². The Bertz CT molecular complexity index is 954. The molecular formula is C19H25N5O5. The number of aryl methyl sites for hydroxylation is 1. The monoisotopic (exact) mass is 403 g/mol. The number of aromatic nitrogens is 2. The molecule has 0 unspecified atom stereocenters. The Hall–Kier alpha value is -3.56. The van der Waals surface area contributed by atoms with Gasteiger partial charge in [-0.25, -0.2) is 4.98 Å². The lowest BCUT2D eigenvalue weighted by atomic mass is 10.1. The molecule has 0 spiro atoms. The number of nitrogens with zero attached hydrogens (tertiary/aromatic N) is 2. The normalized spacial score (nSPS) is 11.1. The van der Waals surface area contributed by atoms with Gasteiger partial charge in [-0.15, -0.1) is 0 Å². The first-order chi connectivity index (χ1) is 13.9. The minimum Gasteiger partial charge on any atom is -0.497 e. The number of nitrogens with two attached hydrogens (primary N) is 1. The Kier molecular flexibility index (Phi) is 7.58. The fourth-order valence-corrected chi connectivity index (χ4v) is 2.58. The number of rotatable bonds is 8. The fourth-order valence-electron chi connectivity index (χ4n) is 2.58. The number of anilines is 1. The van der Waals surface area contributed by atoms with Gasteiger partial charge in [-0.2, -0.15) is 4.99 Å². The van der Waals surface area contributed by atoms with Crippen LogP contribution in [0.5, 0.6) is 11.5 Å². The van der Waals surface area contributed by atoms with Crippen LogP contribution in [0.1, 0.15) is 24.6 Å². The summed E-state index contributed by atoms with van der Waals surface area (Å²) < 4.78 is 15.3. The molecule has 1 aromatic heterocycles. The number of methoxy groups -OCH3 is 2. The van der Waals surface area contributed by atoms with Crippen LogP contribution in [0.2, 0.25) is 0 Å². The summed E-state index contributed by atoms with van der Waals surface area (Å²) in [6, 6.07) is 5.15. The van der Waals surface area contributed by atoms with Crippen LogP contribution in [-0.4, -0.2) is 42.7 Å². The lowest BCUT2D eigenvalue weighted by molar-refractivity contribution is -0.143. The van der Waals surface area contributed by atoms with E-state index >= 15 is 0 Å². The second kappa shape index (κ2) is 10.1. The van der Waals surface area contributed by atoms with Crippen LogP contribution < -0.4 is 26.1 Å².